The smallest absolute Gasteiger partial charge is 0.320 e. The summed E-state index contributed by atoms with van der Waals surface area (Å²) < 4.78 is 0. The topological polar surface area (TPSA) is 86.9 Å². The minimum absolute atomic E-state index is 0.0118. The minimum atomic E-state index is -0.815. The van der Waals surface area contributed by atoms with Crippen LogP contribution in [0.2, 0.25) is 0 Å². The Morgan fingerprint density at radius 1 is 1.26 bits per heavy atom. The van der Waals surface area contributed by atoms with Gasteiger partial charge < -0.3 is 15.7 Å². The molecule has 106 valence electrons. The second kappa shape index (κ2) is 5.71. The molecule has 3 atom stereocenters. The summed E-state index contributed by atoms with van der Waals surface area (Å²) in [6.45, 7) is 4.09. The quantitative estimate of drug-likeness (QED) is 0.674. The number of carbonyl (C=O) groups excluding carboxylic acids is 1. The maximum absolute atomic E-state index is 12.2. The maximum atomic E-state index is 12.2. The largest absolute Gasteiger partial charge is 0.480 e. The van der Waals surface area contributed by atoms with E-state index in [0.717, 1.165) is 0 Å². The first-order valence-electron chi connectivity index (χ1n) is 6.68. The zero-order valence-corrected chi connectivity index (χ0v) is 11.2. The molecule has 0 saturated carbocycles. The molecule has 0 aromatic rings. The van der Waals surface area contributed by atoms with Crippen LogP contribution in [0.3, 0.4) is 0 Å². The van der Waals surface area contributed by atoms with Crippen LogP contribution in [0.4, 0.5) is 0 Å². The number of nitrogens with two attached hydrogens (primary N) is 1. The molecule has 6 nitrogen and oxygen atoms in total. The van der Waals surface area contributed by atoms with Crippen molar-refractivity contribution < 1.29 is 14.7 Å². The molecule has 1 amide bonds. The third kappa shape index (κ3) is 3.13. The first kappa shape index (κ1) is 14.0. The summed E-state index contributed by atoms with van der Waals surface area (Å²) in [5, 5.41) is 8.97. The summed E-state index contributed by atoms with van der Waals surface area (Å²) in [5.74, 6) is -0.797. The molecule has 2 rings (SSSR count). The van der Waals surface area contributed by atoms with E-state index >= 15 is 0 Å². The fraction of sp³-hybridized carbons (Fsp3) is 0.692. The predicted octanol–water partition coefficient (Wildman–Crippen LogP) is -0.493. The maximum Gasteiger partial charge on any atom is 0.320 e. The second-order valence-corrected chi connectivity index (χ2v) is 5.27. The van der Waals surface area contributed by atoms with E-state index in [9.17, 15) is 9.59 Å². The van der Waals surface area contributed by atoms with Crippen molar-refractivity contribution in [2.45, 2.75) is 25.4 Å². The van der Waals surface area contributed by atoms with Gasteiger partial charge in [0.15, 0.2) is 0 Å². The molecule has 1 saturated heterocycles. The van der Waals surface area contributed by atoms with Gasteiger partial charge in [-0.25, -0.2) is 0 Å². The zero-order chi connectivity index (χ0) is 14.0. The van der Waals surface area contributed by atoms with Gasteiger partial charge >= 0.3 is 5.97 Å². The normalized spacial score (nSPS) is 29.5. The number of aliphatic carboxylic acids is 1. The molecular weight excluding hydrogens is 246 g/mol. The van der Waals surface area contributed by atoms with Crippen LogP contribution in [0.15, 0.2) is 12.2 Å². The van der Waals surface area contributed by atoms with Crippen molar-refractivity contribution >= 4 is 11.9 Å². The van der Waals surface area contributed by atoms with Crippen LogP contribution >= 0.6 is 0 Å². The molecule has 1 heterocycles. The van der Waals surface area contributed by atoms with Crippen molar-refractivity contribution in [2.24, 2.45) is 11.7 Å². The average Bonchev–Trinajstić information content (AvgIpc) is 2.84. The van der Waals surface area contributed by atoms with Crippen molar-refractivity contribution in [3.05, 3.63) is 12.2 Å². The third-order valence-electron chi connectivity index (χ3n) is 3.96. The lowest BCUT2D eigenvalue weighted by Gasteiger charge is -2.37. The highest BCUT2D eigenvalue weighted by Gasteiger charge is 2.31. The van der Waals surface area contributed by atoms with Crippen LogP contribution in [0.5, 0.6) is 0 Å². The van der Waals surface area contributed by atoms with Crippen molar-refractivity contribution in [3.63, 3.8) is 0 Å². The lowest BCUT2D eigenvalue weighted by Crippen LogP contribution is -2.54. The molecule has 19 heavy (non-hydrogen) atoms. The molecule has 0 spiro atoms. The van der Waals surface area contributed by atoms with E-state index in [4.69, 9.17) is 10.8 Å². The standard InChI is InChI=1S/C13H21N3O3/c1-9(13(18)19)15-4-6-16(7-5-15)12(17)10-2-3-11(14)8-10/h2-3,9-11H,4-8,14H2,1H3,(H,18,19). The highest BCUT2D eigenvalue weighted by molar-refractivity contribution is 5.81. The van der Waals surface area contributed by atoms with Gasteiger partial charge in [0, 0.05) is 32.2 Å². The monoisotopic (exact) mass is 267 g/mol. The summed E-state index contributed by atoms with van der Waals surface area (Å²) in [6.07, 6.45) is 4.45. The lowest BCUT2D eigenvalue weighted by atomic mass is 10.1. The summed E-state index contributed by atoms with van der Waals surface area (Å²) in [5.41, 5.74) is 5.76. The Morgan fingerprint density at radius 3 is 2.37 bits per heavy atom. The van der Waals surface area contributed by atoms with Gasteiger partial charge in [0.2, 0.25) is 5.91 Å². The molecule has 6 heteroatoms. The fourth-order valence-corrected chi connectivity index (χ4v) is 2.63. The molecule has 0 aromatic heterocycles. The molecule has 0 aromatic carbocycles. The molecule has 2 aliphatic rings. The first-order chi connectivity index (χ1) is 8.99. The summed E-state index contributed by atoms with van der Waals surface area (Å²) in [4.78, 5) is 26.9. The van der Waals surface area contributed by atoms with E-state index < -0.39 is 12.0 Å². The number of carbonyl (C=O) groups is 2. The average molecular weight is 267 g/mol. The van der Waals surface area contributed by atoms with Crippen molar-refractivity contribution in [3.8, 4) is 0 Å². The number of carboxylic acid groups (broad SMARTS) is 1. The highest BCUT2D eigenvalue weighted by Crippen LogP contribution is 2.20. The van der Waals surface area contributed by atoms with Gasteiger partial charge in [-0.15, -0.1) is 0 Å². The second-order valence-electron chi connectivity index (χ2n) is 5.27. The van der Waals surface area contributed by atoms with Crippen molar-refractivity contribution in [1.29, 1.82) is 0 Å². The Kier molecular flexibility index (Phi) is 4.21. The molecule has 0 radical (unpaired) electrons. The number of hydrogen-bond donors (Lipinski definition) is 2. The van der Waals surface area contributed by atoms with Crippen molar-refractivity contribution in [1.82, 2.24) is 9.80 Å². The van der Waals surface area contributed by atoms with Gasteiger partial charge in [-0.2, -0.15) is 0 Å². The number of carboxylic acids is 1. The molecule has 0 bridgehead atoms. The molecule has 1 fully saturated rings. The number of rotatable bonds is 3. The van der Waals surface area contributed by atoms with Gasteiger partial charge in [-0.05, 0) is 13.3 Å². The van der Waals surface area contributed by atoms with Crippen LogP contribution in [0.1, 0.15) is 13.3 Å². The molecule has 1 aliphatic heterocycles. The third-order valence-corrected chi connectivity index (χ3v) is 3.96. The van der Waals surface area contributed by atoms with Gasteiger partial charge in [0.25, 0.3) is 0 Å². The molecular formula is C13H21N3O3. The highest BCUT2D eigenvalue weighted by atomic mass is 16.4. The Hall–Kier alpha value is -1.40. The first-order valence-corrected chi connectivity index (χ1v) is 6.68. The van der Waals surface area contributed by atoms with Gasteiger partial charge in [-0.3, -0.25) is 14.5 Å². The molecule has 3 N–H and O–H groups in total. The number of hydrogen-bond acceptors (Lipinski definition) is 4. The van der Waals surface area contributed by atoms with E-state index in [-0.39, 0.29) is 17.9 Å². The van der Waals surface area contributed by atoms with Crippen LogP contribution in [-0.2, 0) is 9.59 Å². The van der Waals surface area contributed by atoms with Crippen LogP contribution in [0, 0.1) is 5.92 Å². The van der Waals surface area contributed by atoms with E-state index in [1.807, 2.05) is 22.0 Å². The van der Waals surface area contributed by atoms with Gasteiger partial charge in [0.05, 0.1) is 5.92 Å². The van der Waals surface area contributed by atoms with Gasteiger partial charge in [-0.1, -0.05) is 12.2 Å². The number of amides is 1. The Morgan fingerprint density at radius 2 is 1.89 bits per heavy atom. The SMILES string of the molecule is CC(C(=O)O)N1CCN(C(=O)C2C=CC(N)C2)CC1. The van der Waals surface area contributed by atoms with Crippen LogP contribution < -0.4 is 5.73 Å². The van der Waals surface area contributed by atoms with Gasteiger partial charge in [0.1, 0.15) is 6.04 Å². The lowest BCUT2D eigenvalue weighted by molar-refractivity contribution is -0.144. The number of piperazine rings is 1. The molecule has 3 unspecified atom stereocenters. The summed E-state index contributed by atoms with van der Waals surface area (Å²) >= 11 is 0. The zero-order valence-electron chi connectivity index (χ0n) is 11.2. The van der Waals surface area contributed by atoms with E-state index in [0.29, 0.717) is 32.6 Å². The Labute approximate surface area is 112 Å². The Balaban J connectivity index is 1.85. The van der Waals surface area contributed by atoms with Crippen LogP contribution in [-0.4, -0.2) is 65.0 Å². The Bertz CT molecular complexity index is 389. The van der Waals surface area contributed by atoms with E-state index in [2.05, 4.69) is 0 Å². The van der Waals surface area contributed by atoms with E-state index in [1.54, 1.807) is 6.92 Å². The predicted molar refractivity (Wildman–Crippen MR) is 70.5 cm³/mol. The van der Waals surface area contributed by atoms with Crippen LogP contribution in [0.25, 0.3) is 0 Å². The summed E-state index contributed by atoms with van der Waals surface area (Å²) in [6, 6.07) is -0.501. The van der Waals surface area contributed by atoms with E-state index in [1.165, 1.54) is 0 Å². The minimum Gasteiger partial charge on any atom is -0.480 e. The summed E-state index contributed by atoms with van der Waals surface area (Å²) in [7, 11) is 0. The van der Waals surface area contributed by atoms with Crippen molar-refractivity contribution in [2.75, 3.05) is 26.2 Å². The fourth-order valence-electron chi connectivity index (χ4n) is 2.63. The number of nitrogens with zero attached hydrogens (tertiary/aromatic N) is 2. The molecule has 1 aliphatic carbocycles.